The van der Waals surface area contributed by atoms with E-state index in [1.807, 2.05) is 22.6 Å². The lowest BCUT2D eigenvalue weighted by Gasteiger charge is -1.93. The lowest BCUT2D eigenvalue weighted by molar-refractivity contribution is 1.13. The van der Waals surface area contributed by atoms with Gasteiger partial charge in [0.15, 0.2) is 0 Å². The number of rotatable bonds is 1. The molecule has 5 heteroatoms. The average molecular weight is 248 g/mol. The Labute approximate surface area is 71.5 Å². The molecule has 0 aliphatic carbocycles. The highest BCUT2D eigenvalue weighted by molar-refractivity contribution is 14.1. The topological polar surface area (TPSA) is 75.7 Å². The number of nitrogens with one attached hydrogen (secondary N) is 1. The maximum absolute atomic E-state index is 6.98. The predicted octanol–water partition coefficient (Wildman–Crippen LogP) is 0.365. The van der Waals surface area contributed by atoms with Gasteiger partial charge >= 0.3 is 0 Å². The molecule has 0 spiro atoms. The summed E-state index contributed by atoms with van der Waals surface area (Å²) in [7, 11) is 0. The quantitative estimate of drug-likeness (QED) is 0.428. The van der Waals surface area contributed by atoms with Gasteiger partial charge in [0, 0.05) is 0 Å². The molecule has 0 atom stereocenters. The first-order valence-corrected chi connectivity index (χ1v) is 3.60. The van der Waals surface area contributed by atoms with Gasteiger partial charge in [-0.25, -0.2) is 9.97 Å². The SMILES string of the molecule is N=C(N)c1cnc(I)cn1. The first kappa shape index (κ1) is 7.39. The molecule has 1 rings (SSSR count). The van der Waals surface area contributed by atoms with Gasteiger partial charge in [-0.3, -0.25) is 5.41 Å². The van der Waals surface area contributed by atoms with E-state index in [1.165, 1.54) is 6.20 Å². The van der Waals surface area contributed by atoms with Crippen LogP contribution in [0.25, 0.3) is 0 Å². The van der Waals surface area contributed by atoms with Crippen LogP contribution in [0, 0.1) is 9.11 Å². The summed E-state index contributed by atoms with van der Waals surface area (Å²) in [4.78, 5) is 7.76. The number of hydrogen-bond acceptors (Lipinski definition) is 3. The number of amidine groups is 1. The number of aromatic nitrogens is 2. The Balaban J connectivity index is 3.00. The van der Waals surface area contributed by atoms with E-state index in [0.717, 1.165) is 3.70 Å². The molecule has 3 N–H and O–H groups in total. The second-order valence-electron chi connectivity index (χ2n) is 1.64. The summed E-state index contributed by atoms with van der Waals surface area (Å²) in [6, 6.07) is 0. The smallest absolute Gasteiger partial charge is 0.143 e. The van der Waals surface area contributed by atoms with Crippen LogP contribution in [0.3, 0.4) is 0 Å². The molecule has 0 saturated heterocycles. The fourth-order valence-electron chi connectivity index (χ4n) is 0.451. The number of hydrogen-bond donors (Lipinski definition) is 2. The van der Waals surface area contributed by atoms with Gasteiger partial charge in [0.2, 0.25) is 0 Å². The lowest BCUT2D eigenvalue weighted by Crippen LogP contribution is -2.13. The zero-order chi connectivity index (χ0) is 7.56. The van der Waals surface area contributed by atoms with Gasteiger partial charge in [-0.15, -0.1) is 0 Å². The normalized spacial score (nSPS) is 9.30. The van der Waals surface area contributed by atoms with E-state index in [9.17, 15) is 0 Å². The zero-order valence-corrected chi connectivity index (χ0v) is 7.16. The molecule has 4 nitrogen and oxygen atoms in total. The van der Waals surface area contributed by atoms with Gasteiger partial charge in [-0.1, -0.05) is 0 Å². The van der Waals surface area contributed by atoms with Crippen molar-refractivity contribution in [3.63, 3.8) is 0 Å². The van der Waals surface area contributed by atoms with Gasteiger partial charge in [0.05, 0.1) is 12.4 Å². The van der Waals surface area contributed by atoms with Gasteiger partial charge < -0.3 is 5.73 Å². The third-order valence-electron chi connectivity index (χ3n) is 0.896. The lowest BCUT2D eigenvalue weighted by atomic mass is 10.4. The minimum Gasteiger partial charge on any atom is -0.382 e. The third kappa shape index (κ3) is 1.63. The predicted molar refractivity (Wildman–Crippen MR) is 45.8 cm³/mol. The summed E-state index contributed by atoms with van der Waals surface area (Å²) < 4.78 is 0.794. The van der Waals surface area contributed by atoms with Gasteiger partial charge in [0.25, 0.3) is 0 Å². The number of nitrogens with two attached hydrogens (primary N) is 1. The molecular weight excluding hydrogens is 243 g/mol. The van der Waals surface area contributed by atoms with Gasteiger partial charge in [-0.2, -0.15) is 0 Å². The maximum Gasteiger partial charge on any atom is 0.143 e. The third-order valence-corrected chi connectivity index (χ3v) is 1.45. The highest BCUT2D eigenvalue weighted by Crippen LogP contribution is 1.96. The molecule has 1 heterocycles. The standard InChI is InChI=1S/C5H5IN4/c6-4-2-9-3(1-10-4)5(7)8/h1-2H,(H3,7,8). The summed E-state index contributed by atoms with van der Waals surface area (Å²) in [5.74, 6) is -0.0519. The van der Waals surface area contributed by atoms with E-state index in [1.54, 1.807) is 6.20 Å². The van der Waals surface area contributed by atoms with Crippen LogP contribution in [-0.4, -0.2) is 15.8 Å². The second-order valence-corrected chi connectivity index (χ2v) is 2.74. The van der Waals surface area contributed by atoms with E-state index in [-0.39, 0.29) is 5.84 Å². The van der Waals surface area contributed by atoms with Crippen LogP contribution in [-0.2, 0) is 0 Å². The Kier molecular flexibility index (Phi) is 2.15. The molecule has 0 aromatic carbocycles. The summed E-state index contributed by atoms with van der Waals surface area (Å²) in [5, 5.41) is 6.98. The van der Waals surface area contributed by atoms with Crippen LogP contribution in [0.5, 0.6) is 0 Å². The molecule has 0 amide bonds. The van der Waals surface area contributed by atoms with Crippen molar-refractivity contribution in [1.82, 2.24) is 9.97 Å². The molecule has 0 fully saturated rings. The second kappa shape index (κ2) is 2.91. The molecule has 52 valence electrons. The van der Waals surface area contributed by atoms with Crippen molar-refractivity contribution in [2.75, 3.05) is 0 Å². The zero-order valence-electron chi connectivity index (χ0n) is 5.00. The maximum atomic E-state index is 6.98. The van der Waals surface area contributed by atoms with E-state index in [2.05, 4.69) is 9.97 Å². The fourth-order valence-corrected chi connectivity index (χ4v) is 0.730. The number of nitrogens with zero attached hydrogens (tertiary/aromatic N) is 2. The molecular formula is C5H5IN4. The largest absolute Gasteiger partial charge is 0.382 e. The number of halogens is 1. The van der Waals surface area contributed by atoms with E-state index < -0.39 is 0 Å². The Hall–Kier alpha value is -0.720. The van der Waals surface area contributed by atoms with Crippen LogP contribution in [0.1, 0.15) is 5.69 Å². The van der Waals surface area contributed by atoms with Crippen LogP contribution in [0.2, 0.25) is 0 Å². The Morgan fingerprint density at radius 1 is 1.50 bits per heavy atom. The van der Waals surface area contributed by atoms with Crippen LogP contribution in [0.15, 0.2) is 12.4 Å². The van der Waals surface area contributed by atoms with Gasteiger partial charge in [-0.05, 0) is 22.6 Å². The van der Waals surface area contributed by atoms with Crippen molar-refractivity contribution in [3.8, 4) is 0 Å². The Morgan fingerprint density at radius 3 is 2.60 bits per heavy atom. The molecule has 0 unspecified atom stereocenters. The summed E-state index contributed by atoms with van der Waals surface area (Å²) >= 11 is 2.03. The highest BCUT2D eigenvalue weighted by atomic mass is 127. The molecule has 1 aromatic rings. The van der Waals surface area contributed by atoms with Crippen molar-refractivity contribution >= 4 is 28.4 Å². The minimum absolute atomic E-state index is 0.0519. The van der Waals surface area contributed by atoms with Crippen LogP contribution >= 0.6 is 22.6 Å². The van der Waals surface area contributed by atoms with Crippen molar-refractivity contribution in [2.45, 2.75) is 0 Å². The van der Waals surface area contributed by atoms with Crippen molar-refractivity contribution < 1.29 is 0 Å². The molecule has 0 bridgehead atoms. The van der Waals surface area contributed by atoms with E-state index >= 15 is 0 Å². The van der Waals surface area contributed by atoms with E-state index in [4.69, 9.17) is 11.1 Å². The molecule has 0 aliphatic heterocycles. The monoisotopic (exact) mass is 248 g/mol. The highest BCUT2D eigenvalue weighted by Gasteiger charge is 1.96. The first-order chi connectivity index (χ1) is 4.70. The Morgan fingerprint density at radius 2 is 2.20 bits per heavy atom. The fraction of sp³-hybridized carbons (Fsp3) is 0. The van der Waals surface area contributed by atoms with Crippen LogP contribution in [0.4, 0.5) is 0 Å². The van der Waals surface area contributed by atoms with E-state index in [0.29, 0.717) is 5.69 Å². The summed E-state index contributed by atoms with van der Waals surface area (Å²) in [6.07, 6.45) is 3.04. The van der Waals surface area contributed by atoms with Crippen molar-refractivity contribution in [3.05, 3.63) is 21.8 Å². The molecule has 0 radical (unpaired) electrons. The van der Waals surface area contributed by atoms with Gasteiger partial charge in [0.1, 0.15) is 15.2 Å². The Bertz CT molecular complexity index is 242. The molecule has 0 aliphatic rings. The molecule has 10 heavy (non-hydrogen) atoms. The van der Waals surface area contributed by atoms with Crippen molar-refractivity contribution in [1.29, 1.82) is 5.41 Å². The average Bonchev–Trinajstić information content (AvgIpc) is 1.88. The van der Waals surface area contributed by atoms with Crippen molar-refractivity contribution in [2.24, 2.45) is 5.73 Å². The first-order valence-electron chi connectivity index (χ1n) is 2.52. The molecule has 0 saturated carbocycles. The summed E-state index contributed by atoms with van der Waals surface area (Å²) in [5.41, 5.74) is 5.56. The molecule has 1 aromatic heterocycles. The summed E-state index contributed by atoms with van der Waals surface area (Å²) in [6.45, 7) is 0. The van der Waals surface area contributed by atoms with Crippen LogP contribution < -0.4 is 5.73 Å². The number of nitrogen functional groups attached to an aromatic ring is 1. The minimum atomic E-state index is -0.0519.